The van der Waals surface area contributed by atoms with Gasteiger partial charge < -0.3 is 14.9 Å². The predicted octanol–water partition coefficient (Wildman–Crippen LogP) is 4.56. The van der Waals surface area contributed by atoms with E-state index in [0.29, 0.717) is 48.5 Å². The quantitative estimate of drug-likeness (QED) is 0.339. The molecule has 0 radical (unpaired) electrons. The number of pyridine rings is 1. The monoisotopic (exact) mass is 540 g/mol. The average molecular weight is 541 g/mol. The molecule has 0 spiro atoms. The van der Waals surface area contributed by atoms with Crippen molar-refractivity contribution in [3.63, 3.8) is 0 Å². The topological polar surface area (TPSA) is 151 Å². The lowest BCUT2D eigenvalue weighted by molar-refractivity contribution is -0.147. The van der Waals surface area contributed by atoms with Crippen LogP contribution in [0.25, 0.3) is 11.5 Å². The van der Waals surface area contributed by atoms with Gasteiger partial charge in [-0.15, -0.1) is 0 Å². The number of carboxylic acids is 1. The highest BCUT2D eigenvalue weighted by molar-refractivity contribution is 7.92. The van der Waals surface area contributed by atoms with Crippen LogP contribution in [0.15, 0.2) is 47.0 Å². The highest BCUT2D eigenvalue weighted by Gasteiger charge is 2.36. The van der Waals surface area contributed by atoms with Crippen LogP contribution >= 0.6 is 0 Å². The smallest absolute Gasteiger partial charge is 0.307 e. The summed E-state index contributed by atoms with van der Waals surface area (Å²) >= 11 is 0. The van der Waals surface area contributed by atoms with Crippen molar-refractivity contribution in [2.75, 3.05) is 15.8 Å². The summed E-state index contributed by atoms with van der Waals surface area (Å²) in [4.78, 5) is 29.0. The lowest BCUT2D eigenvalue weighted by Crippen LogP contribution is -2.36. The van der Waals surface area contributed by atoms with Crippen LogP contribution in [-0.4, -0.2) is 41.3 Å². The lowest BCUT2D eigenvalue weighted by atomic mass is 9.78. The van der Waals surface area contributed by atoms with E-state index in [9.17, 15) is 23.1 Å². The number of aromatic nitrogens is 2. The van der Waals surface area contributed by atoms with Crippen LogP contribution in [0.5, 0.6) is 0 Å². The second kappa shape index (κ2) is 11.8. The van der Waals surface area contributed by atoms with Crippen molar-refractivity contribution < 1.29 is 27.6 Å². The molecule has 3 aromatic rings. The zero-order chi connectivity index (χ0) is 27.3. The van der Waals surface area contributed by atoms with Crippen LogP contribution in [-0.2, 0) is 26.0 Å². The Morgan fingerprint density at radius 2 is 1.74 bits per heavy atom. The van der Waals surface area contributed by atoms with Gasteiger partial charge in [0.25, 0.3) is 0 Å². The number of aliphatic carboxylic acids is 1. The molecule has 38 heavy (non-hydrogen) atoms. The Morgan fingerprint density at radius 3 is 2.42 bits per heavy atom. The fourth-order valence-corrected chi connectivity index (χ4v) is 5.95. The van der Waals surface area contributed by atoms with Crippen molar-refractivity contribution >= 4 is 33.3 Å². The number of amides is 1. The maximum atomic E-state index is 12.9. The van der Waals surface area contributed by atoms with Crippen LogP contribution in [0, 0.1) is 25.7 Å². The van der Waals surface area contributed by atoms with Gasteiger partial charge >= 0.3 is 5.97 Å². The molecule has 0 aliphatic heterocycles. The van der Waals surface area contributed by atoms with Crippen molar-refractivity contribution in [2.24, 2.45) is 11.8 Å². The second-order valence-electron chi connectivity index (χ2n) is 9.64. The molecule has 0 bridgehead atoms. The van der Waals surface area contributed by atoms with E-state index in [4.69, 9.17) is 4.52 Å². The number of carbonyl (C=O) groups excluding carboxylic acids is 1. The van der Waals surface area contributed by atoms with Crippen LogP contribution in [0.3, 0.4) is 0 Å². The normalized spacial score (nSPS) is 17.6. The third kappa shape index (κ3) is 6.58. The fraction of sp³-hybridized carbons (Fsp3) is 0.407. The van der Waals surface area contributed by atoms with E-state index < -0.39 is 27.8 Å². The first-order chi connectivity index (χ1) is 18.1. The summed E-state index contributed by atoms with van der Waals surface area (Å²) in [6.07, 6.45) is 3.71. The van der Waals surface area contributed by atoms with Gasteiger partial charge in [-0.3, -0.25) is 14.3 Å². The summed E-state index contributed by atoms with van der Waals surface area (Å²) in [7, 11) is -3.67. The molecule has 2 atom stereocenters. The molecule has 10 nitrogen and oxygen atoms in total. The first-order valence-corrected chi connectivity index (χ1v) is 14.3. The minimum absolute atomic E-state index is 0.0676. The van der Waals surface area contributed by atoms with Gasteiger partial charge in [-0.25, -0.2) is 13.4 Å². The van der Waals surface area contributed by atoms with E-state index in [-0.39, 0.29) is 23.1 Å². The van der Waals surface area contributed by atoms with E-state index in [1.165, 1.54) is 0 Å². The molecule has 2 heterocycles. The van der Waals surface area contributed by atoms with Crippen molar-refractivity contribution in [3.8, 4) is 11.5 Å². The number of rotatable bonds is 10. The van der Waals surface area contributed by atoms with Crippen molar-refractivity contribution in [2.45, 2.75) is 52.4 Å². The van der Waals surface area contributed by atoms with Gasteiger partial charge in [0, 0.05) is 0 Å². The summed E-state index contributed by atoms with van der Waals surface area (Å²) < 4.78 is 33.6. The molecule has 3 N–H and O–H groups in total. The number of sulfonamides is 1. The van der Waals surface area contributed by atoms with Gasteiger partial charge in [0.2, 0.25) is 21.7 Å². The average Bonchev–Trinajstić information content (AvgIpc) is 3.24. The van der Waals surface area contributed by atoms with Gasteiger partial charge in [-0.05, 0) is 57.2 Å². The van der Waals surface area contributed by atoms with Crippen molar-refractivity contribution in [3.05, 3.63) is 59.4 Å². The number of aryl methyl sites for hydroxylation is 3. The van der Waals surface area contributed by atoms with Crippen LogP contribution < -0.4 is 10.0 Å². The maximum Gasteiger partial charge on any atom is 0.307 e. The zero-order valence-electron chi connectivity index (χ0n) is 21.4. The Kier molecular flexibility index (Phi) is 8.45. The highest BCUT2D eigenvalue weighted by atomic mass is 32.2. The minimum atomic E-state index is -3.67. The minimum Gasteiger partial charge on any atom is -0.481 e. The van der Waals surface area contributed by atoms with Gasteiger partial charge in [0.15, 0.2) is 0 Å². The third-order valence-corrected chi connectivity index (χ3v) is 8.18. The first-order valence-electron chi connectivity index (χ1n) is 12.7. The number of hydrogen-bond acceptors (Lipinski definition) is 7. The highest BCUT2D eigenvalue weighted by Crippen LogP contribution is 2.34. The van der Waals surface area contributed by atoms with Crippen molar-refractivity contribution in [1.29, 1.82) is 0 Å². The van der Waals surface area contributed by atoms with Gasteiger partial charge in [0.05, 0.1) is 29.0 Å². The summed E-state index contributed by atoms with van der Waals surface area (Å²) in [5.74, 6) is -2.48. The van der Waals surface area contributed by atoms with Gasteiger partial charge in [-0.1, -0.05) is 48.3 Å². The molecule has 1 aliphatic carbocycles. The fourth-order valence-electron chi connectivity index (χ4n) is 4.77. The van der Waals surface area contributed by atoms with E-state index in [2.05, 4.69) is 20.2 Å². The molecule has 11 heteroatoms. The van der Waals surface area contributed by atoms with Crippen LogP contribution in [0.4, 0.5) is 11.4 Å². The number of nitrogens with zero attached hydrogens (tertiary/aromatic N) is 2. The maximum absolute atomic E-state index is 12.9. The number of benzene rings is 1. The molecule has 4 rings (SSSR count). The predicted molar refractivity (Wildman–Crippen MR) is 143 cm³/mol. The standard InChI is InChI=1S/C27H32N4O6S/c1-17-22(29-26(32)20-12-6-7-13-21(20)27(33)34)14-15-23(28-17)25-24(18(2)30-37-25)31-38(35,36)16-8-11-19-9-4-3-5-10-19/h3-5,9-10,14-15,20-21,31H,6-8,11-13,16H2,1-2H3,(H,29,32)(H,33,34)/t20-,21-/m0/s1. The second-order valence-corrected chi connectivity index (χ2v) is 11.5. The molecule has 1 saturated carbocycles. The SMILES string of the molecule is Cc1nc(-c2onc(C)c2NS(=O)(=O)CCCc2ccccc2)ccc1NC(=O)[C@H]1CCCC[C@@H]1C(=O)O. The summed E-state index contributed by atoms with van der Waals surface area (Å²) in [5, 5.41) is 16.2. The molecule has 202 valence electrons. The van der Waals surface area contributed by atoms with Crippen molar-refractivity contribution in [1.82, 2.24) is 10.1 Å². The summed E-state index contributed by atoms with van der Waals surface area (Å²) in [6, 6.07) is 12.9. The largest absolute Gasteiger partial charge is 0.481 e. The Balaban J connectivity index is 1.45. The summed E-state index contributed by atoms with van der Waals surface area (Å²) in [5.41, 5.74) is 2.94. The molecular formula is C27H32N4O6S. The lowest BCUT2D eigenvalue weighted by Gasteiger charge is -2.27. The van der Waals surface area contributed by atoms with E-state index in [0.717, 1.165) is 18.4 Å². The molecule has 1 aliphatic rings. The number of carboxylic acid groups (broad SMARTS) is 1. The van der Waals surface area contributed by atoms with E-state index in [1.807, 2.05) is 30.3 Å². The number of hydrogen-bond donors (Lipinski definition) is 3. The van der Waals surface area contributed by atoms with Crippen LogP contribution in [0.2, 0.25) is 0 Å². The number of anilines is 2. The molecule has 2 aromatic heterocycles. The Morgan fingerprint density at radius 1 is 1.03 bits per heavy atom. The Hall–Kier alpha value is -3.73. The Bertz CT molecular complexity index is 1400. The van der Waals surface area contributed by atoms with Gasteiger partial charge in [-0.2, -0.15) is 0 Å². The first kappa shape index (κ1) is 27.3. The molecular weight excluding hydrogens is 508 g/mol. The molecule has 0 saturated heterocycles. The number of nitrogens with one attached hydrogen (secondary N) is 2. The molecule has 0 unspecified atom stereocenters. The number of carbonyl (C=O) groups is 2. The van der Waals surface area contributed by atoms with Gasteiger partial charge in [0.1, 0.15) is 17.1 Å². The van der Waals surface area contributed by atoms with E-state index in [1.54, 1.807) is 26.0 Å². The summed E-state index contributed by atoms with van der Waals surface area (Å²) in [6.45, 7) is 3.34. The molecule has 1 aromatic carbocycles. The molecule has 1 amide bonds. The third-order valence-electron chi connectivity index (χ3n) is 6.84. The Labute approximate surface area is 221 Å². The molecule has 1 fully saturated rings. The zero-order valence-corrected chi connectivity index (χ0v) is 22.3. The van der Waals surface area contributed by atoms with Crippen LogP contribution in [0.1, 0.15) is 49.1 Å². The van der Waals surface area contributed by atoms with E-state index >= 15 is 0 Å².